The zero-order valence-electron chi connectivity index (χ0n) is 5.49. The topological polar surface area (TPSA) is 12.9 Å². The van der Waals surface area contributed by atoms with Gasteiger partial charge in [-0.05, 0) is 34.7 Å². The van der Waals surface area contributed by atoms with E-state index in [1.54, 1.807) is 22.6 Å². The maximum atomic E-state index is 12.0. The highest BCUT2D eigenvalue weighted by atomic mass is 127. The van der Waals surface area contributed by atoms with E-state index in [0.717, 1.165) is 6.07 Å². The molecule has 0 aromatic carbocycles. The first-order valence-corrected chi connectivity index (χ1v) is 4.25. The molecule has 1 nitrogen and oxygen atoms in total. The summed E-state index contributed by atoms with van der Waals surface area (Å²) in [6.45, 7) is 0. The Labute approximate surface area is 85.1 Å². The molecular weight excluding hydrogens is 305 g/mol. The van der Waals surface area contributed by atoms with Crippen LogP contribution in [0.25, 0.3) is 0 Å². The average Bonchev–Trinajstić information content (AvgIpc) is 1.82. The van der Waals surface area contributed by atoms with E-state index in [4.69, 9.17) is 11.6 Å². The number of rotatable bonds is 0. The number of pyridine rings is 1. The zero-order chi connectivity index (χ0) is 9.35. The van der Waals surface area contributed by atoms with Crippen molar-refractivity contribution in [1.29, 1.82) is 0 Å². The van der Waals surface area contributed by atoms with Crippen LogP contribution >= 0.6 is 34.2 Å². The fraction of sp³-hybridized carbons (Fsp3) is 0.167. The van der Waals surface area contributed by atoms with Crippen LogP contribution in [0.1, 0.15) is 5.69 Å². The maximum Gasteiger partial charge on any atom is 0.433 e. The summed E-state index contributed by atoms with van der Waals surface area (Å²) in [6.07, 6.45) is -4.43. The highest BCUT2D eigenvalue weighted by molar-refractivity contribution is 14.1. The normalized spacial score (nSPS) is 11.8. The van der Waals surface area contributed by atoms with E-state index in [-0.39, 0.29) is 8.72 Å². The van der Waals surface area contributed by atoms with Crippen molar-refractivity contribution in [2.45, 2.75) is 6.18 Å². The second kappa shape index (κ2) is 3.37. The third kappa shape index (κ3) is 2.48. The van der Waals surface area contributed by atoms with Crippen LogP contribution in [0, 0.1) is 3.70 Å². The molecule has 1 rings (SSSR count). The molecule has 0 fully saturated rings. The third-order valence-corrected chi connectivity index (χ3v) is 1.82. The van der Waals surface area contributed by atoms with Crippen molar-refractivity contribution in [2.24, 2.45) is 0 Å². The van der Waals surface area contributed by atoms with Gasteiger partial charge in [0, 0.05) is 5.02 Å². The van der Waals surface area contributed by atoms with Crippen LogP contribution in [0.15, 0.2) is 12.1 Å². The minimum atomic E-state index is -4.43. The zero-order valence-corrected chi connectivity index (χ0v) is 8.41. The molecule has 0 radical (unpaired) electrons. The number of alkyl halides is 3. The Bertz CT molecular complexity index is 279. The van der Waals surface area contributed by atoms with Gasteiger partial charge in [-0.1, -0.05) is 11.6 Å². The standard InChI is InChI=1S/C6H2ClF3IN/c7-3-1-4(6(8,9)10)12-5(11)2-3/h1-2H. The molecule has 1 heterocycles. The van der Waals surface area contributed by atoms with Gasteiger partial charge in [0.05, 0.1) is 0 Å². The third-order valence-electron chi connectivity index (χ3n) is 1.05. The van der Waals surface area contributed by atoms with Crippen LogP contribution in [0.5, 0.6) is 0 Å². The number of halogens is 5. The highest BCUT2D eigenvalue weighted by Crippen LogP contribution is 2.29. The molecule has 0 atom stereocenters. The summed E-state index contributed by atoms with van der Waals surface area (Å²) in [7, 11) is 0. The fourth-order valence-corrected chi connectivity index (χ4v) is 1.60. The molecule has 66 valence electrons. The van der Waals surface area contributed by atoms with Crippen molar-refractivity contribution in [3.05, 3.63) is 26.5 Å². The predicted molar refractivity (Wildman–Crippen MR) is 47.0 cm³/mol. The molecule has 0 unspecified atom stereocenters. The van der Waals surface area contributed by atoms with Crippen molar-refractivity contribution in [2.75, 3.05) is 0 Å². The molecular formula is C6H2ClF3IN. The summed E-state index contributed by atoms with van der Waals surface area (Å²) in [4.78, 5) is 3.28. The van der Waals surface area contributed by atoms with Gasteiger partial charge in [0.15, 0.2) is 0 Å². The lowest BCUT2D eigenvalue weighted by atomic mass is 10.3. The number of aromatic nitrogens is 1. The largest absolute Gasteiger partial charge is 0.433 e. The van der Waals surface area contributed by atoms with Crippen molar-refractivity contribution in [1.82, 2.24) is 4.98 Å². The Morgan fingerprint density at radius 3 is 2.33 bits per heavy atom. The second-order valence-electron chi connectivity index (χ2n) is 1.99. The Hall–Kier alpha value is -0.0400. The van der Waals surface area contributed by atoms with E-state index < -0.39 is 11.9 Å². The van der Waals surface area contributed by atoms with Gasteiger partial charge in [0.2, 0.25) is 0 Å². The molecule has 0 aliphatic rings. The van der Waals surface area contributed by atoms with Gasteiger partial charge in [-0.3, -0.25) is 0 Å². The number of nitrogens with zero attached hydrogens (tertiary/aromatic N) is 1. The lowest BCUT2D eigenvalue weighted by Crippen LogP contribution is -2.08. The van der Waals surface area contributed by atoms with Gasteiger partial charge in [0.1, 0.15) is 9.39 Å². The SMILES string of the molecule is FC(F)(F)c1cc(Cl)cc(I)n1. The molecule has 0 aliphatic carbocycles. The van der Waals surface area contributed by atoms with E-state index in [9.17, 15) is 13.2 Å². The first-order valence-electron chi connectivity index (χ1n) is 2.80. The summed E-state index contributed by atoms with van der Waals surface area (Å²) in [5.74, 6) is 0. The van der Waals surface area contributed by atoms with Gasteiger partial charge in [-0.15, -0.1) is 0 Å². The van der Waals surface area contributed by atoms with Crippen LogP contribution in [0.3, 0.4) is 0 Å². The Kier molecular flexibility index (Phi) is 2.82. The first kappa shape index (κ1) is 10.0. The van der Waals surface area contributed by atoms with Crippen molar-refractivity contribution >= 4 is 34.2 Å². The van der Waals surface area contributed by atoms with E-state index in [0.29, 0.717) is 0 Å². The molecule has 0 amide bonds. The molecule has 12 heavy (non-hydrogen) atoms. The van der Waals surface area contributed by atoms with Crippen molar-refractivity contribution in [3.63, 3.8) is 0 Å². The predicted octanol–water partition coefficient (Wildman–Crippen LogP) is 3.36. The summed E-state index contributed by atoms with van der Waals surface area (Å²) >= 11 is 7.09. The molecule has 0 spiro atoms. The van der Waals surface area contributed by atoms with Gasteiger partial charge >= 0.3 is 6.18 Å². The molecule has 0 saturated heterocycles. The van der Waals surface area contributed by atoms with Crippen molar-refractivity contribution < 1.29 is 13.2 Å². The van der Waals surface area contributed by atoms with Crippen LogP contribution in [-0.2, 0) is 6.18 Å². The maximum absolute atomic E-state index is 12.0. The summed E-state index contributed by atoms with van der Waals surface area (Å²) in [6, 6.07) is 2.15. The van der Waals surface area contributed by atoms with Gasteiger partial charge < -0.3 is 0 Å². The Morgan fingerprint density at radius 2 is 1.92 bits per heavy atom. The second-order valence-corrected chi connectivity index (χ2v) is 3.53. The van der Waals surface area contributed by atoms with Crippen LogP contribution in [-0.4, -0.2) is 4.98 Å². The van der Waals surface area contributed by atoms with Crippen LogP contribution < -0.4 is 0 Å². The summed E-state index contributed by atoms with van der Waals surface area (Å²) in [5, 5.41) is 0.0433. The van der Waals surface area contributed by atoms with Crippen LogP contribution in [0.2, 0.25) is 5.02 Å². The molecule has 0 saturated carbocycles. The number of hydrogen-bond donors (Lipinski definition) is 0. The fourth-order valence-electron chi connectivity index (χ4n) is 0.611. The van der Waals surface area contributed by atoms with E-state index in [1.807, 2.05) is 0 Å². The number of hydrogen-bond acceptors (Lipinski definition) is 1. The van der Waals surface area contributed by atoms with E-state index in [1.165, 1.54) is 6.07 Å². The molecule has 0 N–H and O–H groups in total. The summed E-state index contributed by atoms with van der Waals surface area (Å²) < 4.78 is 36.3. The van der Waals surface area contributed by atoms with Gasteiger partial charge in [-0.25, -0.2) is 4.98 Å². The quantitative estimate of drug-likeness (QED) is 0.529. The minimum absolute atomic E-state index is 0.0433. The van der Waals surface area contributed by atoms with E-state index >= 15 is 0 Å². The van der Waals surface area contributed by atoms with Crippen LogP contribution in [0.4, 0.5) is 13.2 Å². The first-order chi connectivity index (χ1) is 5.39. The van der Waals surface area contributed by atoms with Gasteiger partial charge in [0.25, 0.3) is 0 Å². The smallest absolute Gasteiger partial charge is 0.237 e. The minimum Gasteiger partial charge on any atom is -0.237 e. The lowest BCUT2D eigenvalue weighted by molar-refractivity contribution is -0.141. The molecule has 6 heteroatoms. The average molecular weight is 307 g/mol. The van der Waals surface area contributed by atoms with E-state index in [2.05, 4.69) is 4.98 Å². The van der Waals surface area contributed by atoms with Crippen molar-refractivity contribution in [3.8, 4) is 0 Å². The monoisotopic (exact) mass is 307 g/mol. The summed E-state index contributed by atoms with van der Waals surface area (Å²) in [5.41, 5.74) is -0.959. The Morgan fingerprint density at radius 1 is 1.33 bits per heavy atom. The molecule has 1 aromatic rings. The molecule has 0 aliphatic heterocycles. The Balaban J connectivity index is 3.18. The lowest BCUT2D eigenvalue weighted by Gasteiger charge is -2.05. The molecule has 1 aromatic heterocycles. The molecule has 0 bridgehead atoms. The van der Waals surface area contributed by atoms with Gasteiger partial charge in [-0.2, -0.15) is 13.2 Å². The highest BCUT2D eigenvalue weighted by Gasteiger charge is 2.32.